The quantitative estimate of drug-likeness (QED) is 0.647. The lowest BCUT2D eigenvalue weighted by atomic mass is 10.2. The lowest BCUT2D eigenvalue weighted by molar-refractivity contribution is -0.119. The Kier molecular flexibility index (Phi) is 8.22. The molecule has 25 heavy (non-hydrogen) atoms. The Morgan fingerprint density at radius 3 is 2.24 bits per heavy atom. The average Bonchev–Trinajstić information content (AvgIpc) is 2.62. The number of amides is 1. The molecular formula is C18H15ClN4O2. The van der Waals surface area contributed by atoms with Crippen molar-refractivity contribution in [2.45, 2.75) is 6.42 Å². The Hall–Kier alpha value is -3.35. The van der Waals surface area contributed by atoms with Gasteiger partial charge in [-0.25, -0.2) is 0 Å². The second-order valence-corrected chi connectivity index (χ2v) is 5.07. The van der Waals surface area contributed by atoms with Crippen LogP contribution in [0.25, 0.3) is 0 Å². The molecule has 2 aromatic rings. The van der Waals surface area contributed by atoms with Crippen LogP contribution in [0.4, 0.5) is 11.4 Å². The van der Waals surface area contributed by atoms with Crippen molar-refractivity contribution in [2.24, 2.45) is 0 Å². The number of benzene rings is 2. The third-order valence-corrected chi connectivity index (χ3v) is 3.26. The molecule has 6 nitrogen and oxygen atoms in total. The topological polar surface area (TPSA) is 106 Å². The molecule has 0 atom stereocenters. The highest BCUT2D eigenvalue weighted by atomic mass is 35.5. The van der Waals surface area contributed by atoms with Crippen LogP contribution in [-0.4, -0.2) is 19.2 Å². The van der Waals surface area contributed by atoms with Gasteiger partial charge in [0.15, 0.2) is 0 Å². The third kappa shape index (κ3) is 6.74. The zero-order chi connectivity index (χ0) is 18.7. The van der Waals surface area contributed by atoms with Crippen molar-refractivity contribution in [1.29, 1.82) is 10.5 Å². The zero-order valence-electron chi connectivity index (χ0n) is 13.4. The van der Waals surface area contributed by atoms with Crippen LogP contribution in [0.3, 0.4) is 0 Å². The predicted molar refractivity (Wildman–Crippen MR) is 96.2 cm³/mol. The molecule has 0 aromatic heterocycles. The molecule has 0 aliphatic carbocycles. The molecule has 0 aliphatic heterocycles. The Labute approximate surface area is 150 Å². The molecule has 0 aliphatic rings. The molecule has 2 rings (SSSR count). The Balaban J connectivity index is 0.000000271. The van der Waals surface area contributed by atoms with Crippen LogP contribution in [0.1, 0.15) is 17.5 Å². The van der Waals surface area contributed by atoms with E-state index in [1.165, 1.54) is 12.1 Å². The summed E-state index contributed by atoms with van der Waals surface area (Å²) in [7, 11) is 1.85. The molecule has 7 heteroatoms. The molecule has 2 N–H and O–H groups in total. The van der Waals surface area contributed by atoms with E-state index in [2.05, 4.69) is 16.7 Å². The molecule has 0 saturated heterocycles. The second kappa shape index (κ2) is 10.4. The maximum absolute atomic E-state index is 11.0. The van der Waals surface area contributed by atoms with Crippen molar-refractivity contribution in [1.82, 2.24) is 0 Å². The van der Waals surface area contributed by atoms with E-state index < -0.39 is 5.91 Å². The summed E-state index contributed by atoms with van der Waals surface area (Å²) in [5, 5.41) is 22.7. The van der Waals surface area contributed by atoms with Crippen LogP contribution in [0.15, 0.2) is 42.5 Å². The molecular weight excluding hydrogens is 340 g/mol. The Morgan fingerprint density at radius 2 is 1.76 bits per heavy atom. The van der Waals surface area contributed by atoms with Gasteiger partial charge in [-0.15, -0.1) is 0 Å². The van der Waals surface area contributed by atoms with Gasteiger partial charge in [0.2, 0.25) is 5.91 Å². The number of nitrogens with zero attached hydrogens (tertiary/aromatic N) is 2. The number of carbonyl (C=O) groups is 2. The zero-order valence-corrected chi connectivity index (χ0v) is 14.2. The molecule has 2 aromatic carbocycles. The SMILES string of the molecule is CNc1ccc(C#N)cc1.N#Cc1ccc(NC(=O)CC=O)cc1Cl. The smallest absolute Gasteiger partial charge is 0.231 e. The number of halogens is 1. The number of anilines is 2. The first kappa shape index (κ1) is 19.7. The maximum atomic E-state index is 11.0. The highest BCUT2D eigenvalue weighted by Crippen LogP contribution is 2.20. The fraction of sp³-hybridized carbons (Fsp3) is 0.111. The first-order valence-corrected chi connectivity index (χ1v) is 7.53. The van der Waals surface area contributed by atoms with Gasteiger partial charge in [-0.05, 0) is 42.5 Å². The van der Waals surface area contributed by atoms with E-state index in [1.807, 2.05) is 25.2 Å². The van der Waals surface area contributed by atoms with Gasteiger partial charge in [0.25, 0.3) is 0 Å². The summed E-state index contributed by atoms with van der Waals surface area (Å²) in [4.78, 5) is 21.1. The molecule has 1 amide bonds. The summed E-state index contributed by atoms with van der Waals surface area (Å²) in [5.41, 5.74) is 2.52. The van der Waals surface area contributed by atoms with E-state index in [9.17, 15) is 9.59 Å². The summed E-state index contributed by atoms with van der Waals surface area (Å²) in [5.74, 6) is -0.411. The molecule has 0 radical (unpaired) electrons. The van der Waals surface area contributed by atoms with Gasteiger partial charge in [0.1, 0.15) is 12.4 Å². The van der Waals surface area contributed by atoms with Crippen LogP contribution >= 0.6 is 11.6 Å². The van der Waals surface area contributed by atoms with Crippen LogP contribution in [0.2, 0.25) is 5.02 Å². The number of nitrogens with one attached hydrogen (secondary N) is 2. The van der Waals surface area contributed by atoms with Gasteiger partial charge in [-0.2, -0.15) is 10.5 Å². The fourth-order valence-corrected chi connectivity index (χ4v) is 1.91. The number of hydrogen-bond donors (Lipinski definition) is 2. The third-order valence-electron chi connectivity index (χ3n) is 2.94. The molecule has 0 saturated carbocycles. The first-order chi connectivity index (χ1) is 12.0. The van der Waals surface area contributed by atoms with Gasteiger partial charge in [-0.3, -0.25) is 4.79 Å². The van der Waals surface area contributed by atoms with Crippen LogP contribution in [0.5, 0.6) is 0 Å². The highest BCUT2D eigenvalue weighted by Gasteiger charge is 2.04. The summed E-state index contributed by atoms with van der Waals surface area (Å²) in [6, 6.07) is 15.8. The van der Waals surface area contributed by atoms with Gasteiger partial charge in [0, 0.05) is 18.4 Å². The number of hydrogen-bond acceptors (Lipinski definition) is 5. The minimum Gasteiger partial charge on any atom is -0.388 e. The standard InChI is InChI=1S/C10H7ClN2O2.C8H8N2/c11-9-5-8(2-1-7(9)6-12)13-10(15)3-4-14;1-10-8-4-2-7(6-9)3-5-8/h1-2,4-5H,3H2,(H,13,15);2-5,10H,1H3. The highest BCUT2D eigenvalue weighted by molar-refractivity contribution is 6.32. The molecule has 0 heterocycles. The summed E-state index contributed by atoms with van der Waals surface area (Å²) in [6.45, 7) is 0. The van der Waals surface area contributed by atoms with Gasteiger partial charge >= 0.3 is 0 Å². The number of aldehydes is 1. The predicted octanol–water partition coefficient (Wildman–Crippen LogP) is 3.34. The van der Waals surface area contributed by atoms with Gasteiger partial charge in [0.05, 0.1) is 28.6 Å². The summed E-state index contributed by atoms with van der Waals surface area (Å²) < 4.78 is 0. The van der Waals surface area contributed by atoms with Gasteiger partial charge < -0.3 is 15.4 Å². The molecule has 0 bridgehead atoms. The lowest BCUT2D eigenvalue weighted by Crippen LogP contribution is -2.11. The Morgan fingerprint density at radius 1 is 1.12 bits per heavy atom. The van der Waals surface area contributed by atoms with Crippen LogP contribution < -0.4 is 10.6 Å². The average molecular weight is 355 g/mol. The lowest BCUT2D eigenvalue weighted by Gasteiger charge is -2.03. The van der Waals surface area contributed by atoms with Crippen molar-refractivity contribution < 1.29 is 9.59 Å². The summed E-state index contributed by atoms with van der Waals surface area (Å²) >= 11 is 5.75. The minimum atomic E-state index is -0.411. The van der Waals surface area contributed by atoms with Gasteiger partial charge in [-0.1, -0.05) is 11.6 Å². The first-order valence-electron chi connectivity index (χ1n) is 7.15. The number of rotatable bonds is 4. The largest absolute Gasteiger partial charge is 0.388 e. The molecule has 0 fully saturated rings. The van der Waals surface area contributed by atoms with E-state index in [1.54, 1.807) is 18.2 Å². The van der Waals surface area contributed by atoms with E-state index in [4.69, 9.17) is 22.1 Å². The Bertz CT molecular complexity index is 820. The van der Waals surface area contributed by atoms with Crippen LogP contribution in [-0.2, 0) is 9.59 Å². The van der Waals surface area contributed by atoms with Crippen molar-refractivity contribution in [3.63, 3.8) is 0 Å². The maximum Gasteiger partial charge on any atom is 0.231 e. The van der Waals surface area contributed by atoms with Crippen molar-refractivity contribution >= 4 is 35.2 Å². The van der Waals surface area contributed by atoms with Crippen molar-refractivity contribution in [3.8, 4) is 12.1 Å². The number of nitriles is 2. The minimum absolute atomic E-state index is 0.197. The molecule has 0 spiro atoms. The van der Waals surface area contributed by atoms with Crippen LogP contribution in [0, 0.1) is 22.7 Å². The summed E-state index contributed by atoms with van der Waals surface area (Å²) in [6.07, 6.45) is 0.318. The molecule has 126 valence electrons. The monoisotopic (exact) mass is 354 g/mol. The van der Waals surface area contributed by atoms with Crippen molar-refractivity contribution in [3.05, 3.63) is 58.6 Å². The van der Waals surface area contributed by atoms with E-state index >= 15 is 0 Å². The molecule has 0 unspecified atom stereocenters. The number of carbonyl (C=O) groups excluding carboxylic acids is 2. The van der Waals surface area contributed by atoms with Crippen molar-refractivity contribution in [2.75, 3.05) is 17.7 Å². The fourth-order valence-electron chi connectivity index (χ4n) is 1.68. The van der Waals surface area contributed by atoms with E-state index in [0.29, 0.717) is 23.1 Å². The second-order valence-electron chi connectivity index (χ2n) is 4.66. The normalized spacial score (nSPS) is 8.80. The van der Waals surface area contributed by atoms with E-state index in [0.717, 1.165) is 5.69 Å². The van der Waals surface area contributed by atoms with E-state index in [-0.39, 0.29) is 11.4 Å².